The molecule has 1 aliphatic heterocycles. The van der Waals surface area contributed by atoms with Gasteiger partial charge < -0.3 is 10.2 Å². The molecule has 2 aromatic carbocycles. The molecule has 0 bridgehead atoms. The summed E-state index contributed by atoms with van der Waals surface area (Å²) in [5.41, 5.74) is 0.534. The highest BCUT2D eigenvalue weighted by atomic mass is 35.5. The number of aromatic nitrogens is 3. The number of carbonyl (C=O) groups is 1. The molecular weight excluding hydrogens is 443 g/mol. The van der Waals surface area contributed by atoms with Crippen LogP contribution in [0.5, 0.6) is 0 Å². The lowest BCUT2D eigenvalue weighted by atomic mass is 10.2. The third-order valence-electron chi connectivity index (χ3n) is 5.33. The molecule has 6 nitrogen and oxygen atoms in total. The molecule has 2 amide bonds. The Hall–Kier alpha value is -3.07. The fourth-order valence-electron chi connectivity index (χ4n) is 3.81. The monoisotopic (exact) mass is 463 g/mol. The summed E-state index contributed by atoms with van der Waals surface area (Å²) in [6.07, 6.45) is -2.91. The minimum absolute atomic E-state index is 0.280. The van der Waals surface area contributed by atoms with Crippen LogP contribution in [0.4, 0.5) is 23.7 Å². The summed E-state index contributed by atoms with van der Waals surface area (Å²) in [7, 11) is 0. The average molecular weight is 464 g/mol. The van der Waals surface area contributed by atoms with Gasteiger partial charge in [0, 0.05) is 17.3 Å². The molecule has 168 valence electrons. The van der Waals surface area contributed by atoms with Crippen molar-refractivity contribution in [2.75, 3.05) is 11.9 Å². The van der Waals surface area contributed by atoms with E-state index in [-0.39, 0.29) is 12.1 Å². The zero-order valence-corrected chi connectivity index (χ0v) is 18.0. The normalized spacial score (nSPS) is 16.4. The summed E-state index contributed by atoms with van der Waals surface area (Å²) >= 11 is 5.96. The van der Waals surface area contributed by atoms with Gasteiger partial charge in [0.1, 0.15) is 11.6 Å². The molecule has 1 fully saturated rings. The van der Waals surface area contributed by atoms with Gasteiger partial charge in [-0.3, -0.25) is 0 Å². The second-order valence-electron chi connectivity index (χ2n) is 7.66. The Balaban J connectivity index is 1.51. The number of alkyl halides is 3. The molecule has 0 aliphatic carbocycles. The predicted molar refractivity (Wildman–Crippen MR) is 114 cm³/mol. The maximum Gasteiger partial charge on any atom is 0.416 e. The van der Waals surface area contributed by atoms with E-state index in [1.54, 1.807) is 28.6 Å². The van der Waals surface area contributed by atoms with E-state index in [4.69, 9.17) is 11.6 Å². The Morgan fingerprint density at radius 2 is 1.84 bits per heavy atom. The van der Waals surface area contributed by atoms with Crippen LogP contribution in [0.25, 0.3) is 0 Å². The number of hydrogen-bond acceptors (Lipinski definition) is 3. The minimum atomic E-state index is -4.42. The summed E-state index contributed by atoms with van der Waals surface area (Å²) in [5, 5.41) is 7.83. The number of urea groups is 1. The summed E-state index contributed by atoms with van der Waals surface area (Å²) in [6.45, 7) is 2.80. The zero-order chi connectivity index (χ0) is 22.9. The van der Waals surface area contributed by atoms with Crippen LogP contribution < -0.4 is 5.32 Å². The first-order valence-electron chi connectivity index (χ1n) is 10.1. The van der Waals surface area contributed by atoms with Crippen molar-refractivity contribution in [1.82, 2.24) is 19.7 Å². The standard InChI is InChI=1S/C22H21ClF3N5O/c1-14-27-20(31(29-14)13-15-4-8-17(23)9-5-15)19-3-2-12-30(19)21(32)28-18-10-6-16(7-11-18)22(24,25)26/h4-11,19H,2-3,12-13H2,1H3,(H,28,32)/t19-/m1/s1. The van der Waals surface area contributed by atoms with Gasteiger partial charge in [0.25, 0.3) is 0 Å². The Kier molecular flexibility index (Phi) is 6.10. The van der Waals surface area contributed by atoms with Crippen molar-refractivity contribution in [3.8, 4) is 0 Å². The number of likely N-dealkylation sites (tertiary alicyclic amines) is 1. The molecule has 1 aromatic heterocycles. The number of aryl methyl sites for hydroxylation is 1. The maximum absolute atomic E-state index is 12.9. The quantitative estimate of drug-likeness (QED) is 0.541. The summed E-state index contributed by atoms with van der Waals surface area (Å²) in [6, 6.07) is 11.2. The Bertz CT molecular complexity index is 1100. The Morgan fingerprint density at radius 3 is 2.50 bits per heavy atom. The molecule has 1 atom stereocenters. The highest BCUT2D eigenvalue weighted by molar-refractivity contribution is 6.30. The maximum atomic E-state index is 12.9. The van der Waals surface area contributed by atoms with Crippen molar-refractivity contribution in [3.63, 3.8) is 0 Å². The summed E-state index contributed by atoms with van der Waals surface area (Å²) in [4.78, 5) is 19.1. The fraction of sp³-hybridized carbons (Fsp3) is 0.318. The van der Waals surface area contributed by atoms with Crippen LogP contribution in [0.1, 0.15) is 41.7 Å². The smallest absolute Gasteiger partial charge is 0.314 e. The Morgan fingerprint density at radius 1 is 1.16 bits per heavy atom. The third kappa shape index (κ3) is 4.88. The van der Waals surface area contributed by atoms with Crippen molar-refractivity contribution < 1.29 is 18.0 Å². The van der Waals surface area contributed by atoms with Gasteiger partial charge in [-0.05, 0) is 61.7 Å². The molecule has 1 N–H and O–H groups in total. The molecule has 10 heteroatoms. The van der Waals surface area contributed by atoms with Crippen LogP contribution in [0, 0.1) is 6.92 Å². The second-order valence-corrected chi connectivity index (χ2v) is 8.09. The number of anilines is 1. The van der Waals surface area contributed by atoms with Crippen molar-refractivity contribution in [1.29, 1.82) is 0 Å². The van der Waals surface area contributed by atoms with Gasteiger partial charge in [0.15, 0.2) is 0 Å². The molecule has 1 aliphatic rings. The van der Waals surface area contributed by atoms with E-state index in [2.05, 4.69) is 15.4 Å². The highest BCUT2D eigenvalue weighted by Gasteiger charge is 2.34. The summed E-state index contributed by atoms with van der Waals surface area (Å²) in [5.74, 6) is 1.28. The van der Waals surface area contributed by atoms with Crippen molar-refractivity contribution in [2.24, 2.45) is 0 Å². The molecule has 3 aromatic rings. The molecular formula is C22H21ClF3N5O. The van der Waals surface area contributed by atoms with Gasteiger partial charge in [-0.2, -0.15) is 18.3 Å². The van der Waals surface area contributed by atoms with Gasteiger partial charge in [-0.15, -0.1) is 0 Å². The van der Waals surface area contributed by atoms with Gasteiger partial charge in [-0.25, -0.2) is 14.5 Å². The number of halogens is 4. The lowest BCUT2D eigenvalue weighted by molar-refractivity contribution is -0.137. The lowest BCUT2D eigenvalue weighted by Gasteiger charge is -2.25. The molecule has 32 heavy (non-hydrogen) atoms. The van der Waals surface area contributed by atoms with Crippen molar-refractivity contribution >= 4 is 23.3 Å². The fourth-order valence-corrected chi connectivity index (χ4v) is 3.94. The molecule has 0 radical (unpaired) electrons. The van der Waals surface area contributed by atoms with Gasteiger partial charge in [-0.1, -0.05) is 23.7 Å². The zero-order valence-electron chi connectivity index (χ0n) is 17.2. The minimum Gasteiger partial charge on any atom is -0.314 e. The largest absolute Gasteiger partial charge is 0.416 e. The third-order valence-corrected chi connectivity index (χ3v) is 5.58. The van der Waals surface area contributed by atoms with Crippen LogP contribution >= 0.6 is 11.6 Å². The van der Waals surface area contributed by atoms with E-state index in [0.29, 0.717) is 35.4 Å². The lowest BCUT2D eigenvalue weighted by Crippen LogP contribution is -2.35. The molecule has 2 heterocycles. The number of benzene rings is 2. The number of nitrogens with zero attached hydrogens (tertiary/aromatic N) is 4. The molecule has 0 unspecified atom stereocenters. The highest BCUT2D eigenvalue weighted by Crippen LogP contribution is 2.33. The van der Waals surface area contributed by atoms with E-state index in [1.165, 1.54) is 12.1 Å². The van der Waals surface area contributed by atoms with E-state index in [0.717, 1.165) is 30.5 Å². The number of nitrogens with one attached hydrogen (secondary N) is 1. The van der Waals surface area contributed by atoms with E-state index < -0.39 is 11.7 Å². The van der Waals surface area contributed by atoms with E-state index >= 15 is 0 Å². The van der Waals surface area contributed by atoms with Crippen LogP contribution in [-0.2, 0) is 12.7 Å². The number of rotatable bonds is 4. The van der Waals surface area contributed by atoms with Crippen molar-refractivity contribution in [3.05, 3.63) is 76.3 Å². The van der Waals surface area contributed by atoms with Crippen LogP contribution in [0.2, 0.25) is 5.02 Å². The van der Waals surface area contributed by atoms with E-state index in [9.17, 15) is 18.0 Å². The SMILES string of the molecule is Cc1nc([C@H]2CCCN2C(=O)Nc2ccc(C(F)(F)F)cc2)n(Cc2ccc(Cl)cc2)n1. The summed E-state index contributed by atoms with van der Waals surface area (Å²) < 4.78 is 40.1. The Labute approximate surface area is 188 Å². The molecule has 4 rings (SSSR count). The van der Waals surface area contributed by atoms with Crippen molar-refractivity contribution in [2.45, 2.75) is 38.5 Å². The second kappa shape index (κ2) is 8.82. The number of carbonyl (C=O) groups excluding carboxylic acids is 1. The van der Waals surface area contributed by atoms with Gasteiger partial charge in [0.05, 0.1) is 18.2 Å². The van der Waals surface area contributed by atoms with Crippen LogP contribution in [0.3, 0.4) is 0 Å². The molecule has 0 spiro atoms. The van der Waals surface area contributed by atoms with Gasteiger partial charge in [0.2, 0.25) is 0 Å². The molecule has 0 saturated carbocycles. The predicted octanol–water partition coefficient (Wildman–Crippen LogP) is 5.68. The van der Waals surface area contributed by atoms with Gasteiger partial charge >= 0.3 is 12.2 Å². The van der Waals surface area contributed by atoms with E-state index in [1.807, 2.05) is 12.1 Å². The van der Waals surface area contributed by atoms with Crippen LogP contribution in [-0.4, -0.2) is 32.2 Å². The van der Waals surface area contributed by atoms with Crippen LogP contribution in [0.15, 0.2) is 48.5 Å². The first-order chi connectivity index (χ1) is 15.2. The molecule has 1 saturated heterocycles. The first kappa shape index (κ1) is 22.1. The average Bonchev–Trinajstić information content (AvgIpc) is 3.36. The topological polar surface area (TPSA) is 63.1 Å². The number of hydrogen-bond donors (Lipinski definition) is 1. The number of amides is 2. The first-order valence-corrected chi connectivity index (χ1v) is 10.5.